The van der Waals surface area contributed by atoms with Gasteiger partial charge in [0.15, 0.2) is 5.75 Å². The number of methoxy groups -OCH3 is 1. The molecule has 0 unspecified atom stereocenters. The number of pyridine rings is 2. The molecule has 11 heteroatoms. The lowest BCUT2D eigenvalue weighted by molar-refractivity contribution is -0.129. The number of carbonyl (C=O) groups excluding carboxylic acids is 3. The van der Waals surface area contributed by atoms with Crippen LogP contribution in [0.3, 0.4) is 0 Å². The van der Waals surface area contributed by atoms with E-state index in [-0.39, 0.29) is 30.7 Å². The Kier molecular flexibility index (Phi) is 9.98. The van der Waals surface area contributed by atoms with Crippen molar-refractivity contribution >= 4 is 34.2 Å². The molecule has 2 aromatic heterocycles. The standard InChI is InChI=1S/C13H16N2O4.C11H13BrN2O2/c16-6-10-3-4-11(15-12(10)7-19-8-17)13(18)14-5-9-1-2-9;1-16-9-5-4-8(14-10(9)12)11(15)13-6-7-2-3-7/h3-4,8-9,16H,1-2,5-7H2,(H,14,18);4-5,7H,2-3,6H2,1H3,(H,13,15). The summed E-state index contributed by atoms with van der Waals surface area (Å²) in [7, 11) is 1.56. The van der Waals surface area contributed by atoms with Crippen LogP contribution in [-0.2, 0) is 22.7 Å². The highest BCUT2D eigenvalue weighted by atomic mass is 79.9. The summed E-state index contributed by atoms with van der Waals surface area (Å²) in [6.45, 7) is 1.47. The van der Waals surface area contributed by atoms with Gasteiger partial charge in [-0.05, 0) is 71.6 Å². The van der Waals surface area contributed by atoms with Crippen LogP contribution in [0, 0.1) is 11.8 Å². The number of carbonyl (C=O) groups is 3. The largest absolute Gasteiger partial charge is 0.494 e. The zero-order valence-electron chi connectivity index (χ0n) is 19.5. The molecule has 2 fully saturated rings. The quantitative estimate of drug-likeness (QED) is 0.287. The van der Waals surface area contributed by atoms with Crippen molar-refractivity contribution in [2.75, 3.05) is 20.2 Å². The van der Waals surface area contributed by atoms with Crippen molar-refractivity contribution in [1.29, 1.82) is 0 Å². The number of hydrogen-bond donors (Lipinski definition) is 3. The van der Waals surface area contributed by atoms with Crippen LogP contribution in [-0.4, -0.2) is 53.6 Å². The third-order valence-corrected chi connectivity index (χ3v) is 6.09. The smallest absolute Gasteiger partial charge is 0.293 e. The second-order valence-corrected chi connectivity index (χ2v) is 9.12. The zero-order chi connectivity index (χ0) is 25.2. The first-order valence-corrected chi connectivity index (χ1v) is 12.2. The Morgan fingerprint density at radius 3 is 2.09 bits per heavy atom. The van der Waals surface area contributed by atoms with E-state index in [0.717, 1.165) is 19.4 Å². The SMILES string of the molecule is COc1ccc(C(=O)NCC2CC2)nc1Br.O=COCc1nc(C(=O)NCC2CC2)ccc1CO. The Hall–Kier alpha value is -3.05. The molecule has 10 nitrogen and oxygen atoms in total. The summed E-state index contributed by atoms with van der Waals surface area (Å²) < 4.78 is 10.2. The minimum atomic E-state index is -0.247. The van der Waals surface area contributed by atoms with Gasteiger partial charge in [0.05, 0.1) is 19.4 Å². The summed E-state index contributed by atoms with van der Waals surface area (Å²) in [5, 5.41) is 14.8. The molecule has 2 heterocycles. The van der Waals surface area contributed by atoms with E-state index >= 15 is 0 Å². The molecule has 2 aliphatic carbocycles. The second kappa shape index (κ2) is 13.1. The van der Waals surface area contributed by atoms with Crippen LogP contribution < -0.4 is 15.4 Å². The van der Waals surface area contributed by atoms with Gasteiger partial charge in [-0.1, -0.05) is 6.07 Å². The molecule has 0 aromatic carbocycles. The maximum absolute atomic E-state index is 11.9. The van der Waals surface area contributed by atoms with E-state index in [2.05, 4.69) is 41.3 Å². The van der Waals surface area contributed by atoms with E-state index in [1.54, 1.807) is 31.4 Å². The zero-order valence-corrected chi connectivity index (χ0v) is 21.0. The summed E-state index contributed by atoms with van der Waals surface area (Å²) in [6, 6.07) is 6.55. The molecule has 0 radical (unpaired) electrons. The number of rotatable bonds is 11. The third-order valence-electron chi connectivity index (χ3n) is 5.52. The number of halogens is 1. The topological polar surface area (TPSA) is 140 Å². The number of aliphatic hydroxyl groups excluding tert-OH is 1. The van der Waals surface area contributed by atoms with Crippen LogP contribution in [0.1, 0.15) is 57.9 Å². The van der Waals surface area contributed by atoms with Gasteiger partial charge in [-0.2, -0.15) is 0 Å². The molecule has 2 aliphatic rings. The van der Waals surface area contributed by atoms with Crippen molar-refractivity contribution in [2.24, 2.45) is 11.8 Å². The van der Waals surface area contributed by atoms with Crippen LogP contribution >= 0.6 is 15.9 Å². The predicted octanol–water partition coefficient (Wildman–Crippen LogP) is 2.38. The highest BCUT2D eigenvalue weighted by Gasteiger charge is 2.23. The van der Waals surface area contributed by atoms with E-state index in [1.165, 1.54) is 12.8 Å². The molecular weight excluding hydrogens is 520 g/mol. The summed E-state index contributed by atoms with van der Waals surface area (Å²) in [5.74, 6) is 1.52. The Labute approximate surface area is 212 Å². The summed E-state index contributed by atoms with van der Waals surface area (Å²) in [5.41, 5.74) is 1.62. The van der Waals surface area contributed by atoms with Gasteiger partial charge in [0.1, 0.15) is 22.6 Å². The lowest BCUT2D eigenvalue weighted by Gasteiger charge is -2.08. The third kappa shape index (κ3) is 8.59. The van der Waals surface area contributed by atoms with Gasteiger partial charge in [0.2, 0.25) is 0 Å². The van der Waals surface area contributed by atoms with Gasteiger partial charge in [0.25, 0.3) is 18.3 Å². The average Bonchev–Trinajstić information content (AvgIpc) is 3.80. The van der Waals surface area contributed by atoms with Crippen molar-refractivity contribution in [2.45, 2.75) is 38.9 Å². The van der Waals surface area contributed by atoms with Crippen LogP contribution in [0.2, 0.25) is 0 Å². The number of nitrogens with one attached hydrogen (secondary N) is 2. The van der Waals surface area contributed by atoms with Gasteiger partial charge in [0, 0.05) is 18.7 Å². The van der Waals surface area contributed by atoms with Crippen LogP contribution in [0.15, 0.2) is 28.9 Å². The van der Waals surface area contributed by atoms with Crippen molar-refractivity contribution in [3.05, 3.63) is 51.5 Å². The highest BCUT2D eigenvalue weighted by molar-refractivity contribution is 9.10. The molecule has 35 heavy (non-hydrogen) atoms. The van der Waals surface area contributed by atoms with Gasteiger partial charge >= 0.3 is 0 Å². The Bertz CT molecular complexity index is 1040. The van der Waals surface area contributed by atoms with E-state index < -0.39 is 0 Å². The van der Waals surface area contributed by atoms with E-state index in [1.807, 2.05) is 0 Å². The molecular formula is C24H29BrN4O6. The number of aromatic nitrogens is 2. The van der Waals surface area contributed by atoms with Gasteiger partial charge in [-0.3, -0.25) is 14.4 Å². The van der Waals surface area contributed by atoms with Crippen LogP contribution in [0.25, 0.3) is 0 Å². The van der Waals surface area contributed by atoms with E-state index in [9.17, 15) is 14.4 Å². The minimum absolute atomic E-state index is 0.0524. The summed E-state index contributed by atoms with van der Waals surface area (Å²) in [6.07, 6.45) is 4.77. The number of hydrogen-bond acceptors (Lipinski definition) is 8. The average molecular weight is 549 g/mol. The van der Waals surface area contributed by atoms with Gasteiger partial charge < -0.3 is 25.2 Å². The maximum atomic E-state index is 11.9. The fourth-order valence-electron chi connectivity index (χ4n) is 3.04. The maximum Gasteiger partial charge on any atom is 0.293 e. The summed E-state index contributed by atoms with van der Waals surface area (Å²) in [4.78, 5) is 42.0. The molecule has 0 spiro atoms. The first kappa shape index (κ1) is 26.6. The Morgan fingerprint density at radius 2 is 1.60 bits per heavy atom. The molecule has 3 N–H and O–H groups in total. The predicted molar refractivity (Wildman–Crippen MR) is 130 cm³/mol. The molecule has 2 aromatic rings. The minimum Gasteiger partial charge on any atom is -0.494 e. The number of amides is 2. The van der Waals surface area contributed by atoms with Gasteiger partial charge in [-0.25, -0.2) is 9.97 Å². The number of nitrogens with zero attached hydrogens (tertiary/aromatic N) is 2. The van der Waals surface area contributed by atoms with Gasteiger partial charge in [-0.15, -0.1) is 0 Å². The fourth-order valence-corrected chi connectivity index (χ4v) is 3.52. The Morgan fingerprint density at radius 1 is 1.03 bits per heavy atom. The first-order valence-electron chi connectivity index (χ1n) is 11.4. The van der Waals surface area contributed by atoms with Crippen molar-refractivity contribution in [1.82, 2.24) is 20.6 Å². The monoisotopic (exact) mass is 548 g/mol. The first-order chi connectivity index (χ1) is 16.9. The highest BCUT2D eigenvalue weighted by Crippen LogP contribution is 2.28. The second-order valence-electron chi connectivity index (χ2n) is 8.36. The van der Waals surface area contributed by atoms with Crippen molar-refractivity contribution in [3.63, 3.8) is 0 Å². The fraction of sp³-hybridized carbons (Fsp3) is 0.458. The van der Waals surface area contributed by atoms with Crippen molar-refractivity contribution in [3.8, 4) is 5.75 Å². The molecule has 0 saturated heterocycles. The number of aliphatic hydroxyl groups is 1. The van der Waals surface area contributed by atoms with E-state index in [4.69, 9.17) is 9.84 Å². The molecule has 188 valence electrons. The molecule has 4 rings (SSSR count). The lowest BCUT2D eigenvalue weighted by Crippen LogP contribution is -2.26. The summed E-state index contributed by atoms with van der Waals surface area (Å²) >= 11 is 3.25. The lowest BCUT2D eigenvalue weighted by atomic mass is 10.2. The molecule has 0 aliphatic heterocycles. The number of ether oxygens (including phenoxy) is 2. The van der Waals surface area contributed by atoms with Crippen LogP contribution in [0.4, 0.5) is 0 Å². The molecule has 2 saturated carbocycles. The molecule has 0 bridgehead atoms. The van der Waals surface area contributed by atoms with E-state index in [0.29, 0.717) is 52.2 Å². The van der Waals surface area contributed by atoms with Crippen LogP contribution in [0.5, 0.6) is 5.75 Å². The molecule has 0 atom stereocenters. The normalized spacial score (nSPS) is 14.3. The molecule has 2 amide bonds. The Balaban J connectivity index is 0.000000198. The van der Waals surface area contributed by atoms with Crippen molar-refractivity contribution < 1.29 is 29.0 Å².